The molecule has 11 nitrogen and oxygen atoms in total. The SMILES string of the molecule is CC(C)C(=O)NC(=N)N1CCC(CN([C@H](Cc2ccccc2)C(=O)N2CCC[C@H]2C(N)=O)S(C)(=O)=O)CC1. The molecule has 38 heavy (non-hydrogen) atoms. The molecule has 0 radical (unpaired) electrons. The van der Waals surface area contributed by atoms with Crippen molar-refractivity contribution in [3.05, 3.63) is 35.9 Å². The fourth-order valence-electron chi connectivity index (χ4n) is 5.09. The maximum atomic E-state index is 13.8. The lowest BCUT2D eigenvalue weighted by Crippen LogP contribution is -2.56. The summed E-state index contributed by atoms with van der Waals surface area (Å²) in [6.45, 7) is 5.01. The van der Waals surface area contributed by atoms with Crippen LogP contribution in [0, 0.1) is 17.2 Å². The molecule has 2 aliphatic heterocycles. The van der Waals surface area contributed by atoms with E-state index in [4.69, 9.17) is 11.1 Å². The van der Waals surface area contributed by atoms with Crippen LogP contribution in [0.25, 0.3) is 0 Å². The van der Waals surface area contributed by atoms with Crippen molar-refractivity contribution in [2.45, 2.75) is 58.0 Å². The number of nitrogens with one attached hydrogen (secondary N) is 2. The van der Waals surface area contributed by atoms with Crippen molar-refractivity contribution >= 4 is 33.7 Å². The van der Waals surface area contributed by atoms with Crippen LogP contribution >= 0.6 is 0 Å². The normalized spacial score (nSPS) is 19.6. The lowest BCUT2D eigenvalue weighted by molar-refractivity contribution is -0.140. The van der Waals surface area contributed by atoms with Crippen LogP contribution in [0.15, 0.2) is 30.3 Å². The van der Waals surface area contributed by atoms with E-state index in [0.29, 0.717) is 45.3 Å². The molecule has 4 N–H and O–H groups in total. The molecule has 3 rings (SSSR count). The lowest BCUT2D eigenvalue weighted by Gasteiger charge is -2.38. The summed E-state index contributed by atoms with van der Waals surface area (Å²) in [5.41, 5.74) is 6.38. The van der Waals surface area contributed by atoms with Gasteiger partial charge in [-0.15, -0.1) is 0 Å². The highest BCUT2D eigenvalue weighted by molar-refractivity contribution is 7.88. The van der Waals surface area contributed by atoms with Crippen LogP contribution in [0.5, 0.6) is 0 Å². The summed E-state index contributed by atoms with van der Waals surface area (Å²) in [6, 6.07) is 7.50. The van der Waals surface area contributed by atoms with Gasteiger partial charge in [-0.1, -0.05) is 44.2 Å². The molecule has 1 aromatic carbocycles. The third kappa shape index (κ3) is 7.53. The average Bonchev–Trinajstić information content (AvgIpc) is 3.36. The highest BCUT2D eigenvalue weighted by Gasteiger charge is 2.41. The number of benzene rings is 1. The molecular weight excluding hydrogens is 508 g/mol. The number of hydrogen-bond acceptors (Lipinski definition) is 6. The molecule has 2 aliphatic rings. The van der Waals surface area contributed by atoms with Crippen molar-refractivity contribution in [2.24, 2.45) is 17.6 Å². The minimum Gasteiger partial charge on any atom is -0.368 e. The Labute approximate surface area is 225 Å². The third-order valence-electron chi connectivity index (χ3n) is 7.33. The monoisotopic (exact) mass is 548 g/mol. The lowest BCUT2D eigenvalue weighted by atomic mass is 9.95. The van der Waals surface area contributed by atoms with Crippen molar-refractivity contribution < 1.29 is 22.8 Å². The minimum atomic E-state index is -3.79. The molecule has 0 unspecified atom stereocenters. The Morgan fingerprint density at radius 1 is 1.11 bits per heavy atom. The number of primary amides is 1. The zero-order valence-corrected chi connectivity index (χ0v) is 23.2. The smallest absolute Gasteiger partial charge is 0.242 e. The van der Waals surface area contributed by atoms with Crippen molar-refractivity contribution in [1.29, 1.82) is 5.41 Å². The van der Waals surface area contributed by atoms with Gasteiger partial charge in [0.25, 0.3) is 0 Å². The molecular formula is C26H40N6O5S. The summed E-state index contributed by atoms with van der Waals surface area (Å²) in [6.07, 6.45) is 3.60. The number of rotatable bonds is 9. The molecule has 1 aromatic rings. The summed E-state index contributed by atoms with van der Waals surface area (Å²) in [5.74, 6) is -1.44. The molecule has 2 heterocycles. The van der Waals surface area contributed by atoms with Gasteiger partial charge in [-0.2, -0.15) is 4.31 Å². The fourth-order valence-corrected chi connectivity index (χ4v) is 6.20. The van der Waals surface area contributed by atoms with Crippen LogP contribution in [0.1, 0.15) is 45.1 Å². The number of carbonyl (C=O) groups is 3. The van der Waals surface area contributed by atoms with Gasteiger partial charge in [0.15, 0.2) is 5.96 Å². The Balaban J connectivity index is 1.79. The second kappa shape index (κ2) is 12.7. The number of amides is 3. The van der Waals surface area contributed by atoms with E-state index in [1.54, 1.807) is 18.7 Å². The zero-order chi connectivity index (χ0) is 28.0. The molecule has 0 saturated carbocycles. The number of likely N-dealkylation sites (tertiary alicyclic amines) is 2. The molecule has 0 aliphatic carbocycles. The number of nitrogens with two attached hydrogens (primary N) is 1. The van der Waals surface area contributed by atoms with E-state index in [2.05, 4.69) is 5.32 Å². The summed E-state index contributed by atoms with van der Waals surface area (Å²) in [4.78, 5) is 41.0. The predicted molar refractivity (Wildman–Crippen MR) is 144 cm³/mol. The van der Waals surface area contributed by atoms with Crippen LogP contribution in [-0.4, -0.2) is 90.7 Å². The Morgan fingerprint density at radius 3 is 2.29 bits per heavy atom. The first-order valence-corrected chi connectivity index (χ1v) is 15.0. The topological polar surface area (TPSA) is 157 Å². The molecule has 0 aromatic heterocycles. The molecule has 12 heteroatoms. The maximum Gasteiger partial charge on any atom is 0.242 e. The summed E-state index contributed by atoms with van der Waals surface area (Å²) >= 11 is 0. The van der Waals surface area contributed by atoms with Gasteiger partial charge < -0.3 is 15.5 Å². The minimum absolute atomic E-state index is 0.0360. The Bertz CT molecular complexity index is 1120. The average molecular weight is 549 g/mol. The van der Waals surface area contributed by atoms with Crippen molar-refractivity contribution in [2.75, 3.05) is 32.4 Å². The largest absolute Gasteiger partial charge is 0.368 e. The first-order chi connectivity index (χ1) is 17.9. The molecule has 2 fully saturated rings. The van der Waals surface area contributed by atoms with Crippen molar-refractivity contribution in [3.8, 4) is 0 Å². The van der Waals surface area contributed by atoms with Crippen LogP contribution in [-0.2, 0) is 30.8 Å². The standard InChI is InChI=1S/C26H40N6O5S/c1-18(2)24(34)29-26(28)30-14-11-20(12-15-30)17-32(38(3,36)37)22(16-19-8-5-4-6-9-19)25(35)31-13-7-10-21(31)23(27)33/h4-6,8-9,18,20-22H,7,10-17H2,1-3H3,(H2,27,33)(H2,28,29,34)/t21-,22+/m0/s1. The molecule has 210 valence electrons. The van der Waals surface area contributed by atoms with Gasteiger partial charge in [0.1, 0.15) is 12.1 Å². The van der Waals surface area contributed by atoms with Crippen LogP contribution in [0.3, 0.4) is 0 Å². The number of guanidine groups is 1. The Hall–Kier alpha value is -2.99. The Morgan fingerprint density at radius 2 is 1.74 bits per heavy atom. The maximum absolute atomic E-state index is 13.8. The number of piperidine rings is 1. The van der Waals surface area contributed by atoms with E-state index in [9.17, 15) is 22.8 Å². The number of carbonyl (C=O) groups excluding carboxylic acids is 3. The van der Waals surface area contributed by atoms with Crippen LogP contribution in [0.2, 0.25) is 0 Å². The highest BCUT2D eigenvalue weighted by atomic mass is 32.2. The van der Waals surface area contributed by atoms with Crippen molar-refractivity contribution in [1.82, 2.24) is 19.4 Å². The van der Waals surface area contributed by atoms with Crippen LogP contribution in [0.4, 0.5) is 0 Å². The predicted octanol–water partition coefficient (Wildman–Crippen LogP) is 0.755. The molecule has 2 saturated heterocycles. The summed E-state index contributed by atoms with van der Waals surface area (Å²) in [7, 11) is -3.79. The molecule has 0 bridgehead atoms. The van der Waals surface area contributed by atoms with Gasteiger partial charge in [0.05, 0.1) is 6.26 Å². The zero-order valence-electron chi connectivity index (χ0n) is 22.4. The molecule has 0 spiro atoms. The van der Waals surface area contributed by atoms with E-state index >= 15 is 0 Å². The molecule has 3 amide bonds. The number of hydrogen-bond donors (Lipinski definition) is 3. The Kier molecular flexibility index (Phi) is 9.88. The van der Waals surface area contributed by atoms with Gasteiger partial charge in [-0.05, 0) is 43.6 Å². The summed E-state index contributed by atoms with van der Waals surface area (Å²) in [5, 5.41) is 10.8. The fraction of sp³-hybridized carbons (Fsp3) is 0.615. The molecule has 2 atom stereocenters. The first-order valence-electron chi connectivity index (χ1n) is 13.1. The first kappa shape index (κ1) is 29.6. The van der Waals surface area contributed by atoms with Gasteiger partial charge in [-0.25, -0.2) is 8.42 Å². The quantitative estimate of drug-likeness (QED) is 0.305. The van der Waals surface area contributed by atoms with Gasteiger partial charge in [0.2, 0.25) is 27.7 Å². The third-order valence-corrected chi connectivity index (χ3v) is 8.59. The number of nitrogens with zero attached hydrogens (tertiary/aromatic N) is 3. The second-order valence-corrected chi connectivity index (χ2v) is 12.5. The van der Waals surface area contributed by atoms with E-state index in [0.717, 1.165) is 11.8 Å². The van der Waals surface area contributed by atoms with E-state index in [-0.39, 0.29) is 36.7 Å². The van der Waals surface area contributed by atoms with Crippen LogP contribution < -0.4 is 11.1 Å². The van der Waals surface area contributed by atoms with E-state index in [1.807, 2.05) is 30.3 Å². The van der Waals surface area contributed by atoms with Gasteiger partial charge in [0, 0.05) is 32.1 Å². The van der Waals surface area contributed by atoms with Gasteiger partial charge >= 0.3 is 0 Å². The van der Waals surface area contributed by atoms with Crippen molar-refractivity contribution in [3.63, 3.8) is 0 Å². The second-order valence-electron chi connectivity index (χ2n) is 10.6. The van der Waals surface area contributed by atoms with E-state index in [1.165, 1.54) is 9.21 Å². The van der Waals surface area contributed by atoms with E-state index < -0.39 is 33.9 Å². The highest BCUT2D eigenvalue weighted by Crippen LogP contribution is 2.26. The summed E-state index contributed by atoms with van der Waals surface area (Å²) < 4.78 is 27.5. The number of sulfonamides is 1. The van der Waals surface area contributed by atoms with Gasteiger partial charge in [-0.3, -0.25) is 25.1 Å².